The number of hydrogen-bond acceptors (Lipinski definition) is 4. The Balaban J connectivity index is 2.22. The summed E-state index contributed by atoms with van der Waals surface area (Å²) in [6, 6.07) is 4.17. The summed E-state index contributed by atoms with van der Waals surface area (Å²) in [4.78, 5) is 17.5. The molecule has 0 aromatic carbocycles. The molecule has 0 saturated carbocycles. The zero-order chi connectivity index (χ0) is 13.0. The molecule has 1 aliphatic rings. The van der Waals surface area contributed by atoms with Crippen molar-refractivity contribution in [3.8, 4) is 0 Å². The van der Waals surface area contributed by atoms with Crippen molar-refractivity contribution in [1.82, 2.24) is 4.98 Å². The van der Waals surface area contributed by atoms with Crippen molar-refractivity contribution < 1.29 is 4.79 Å². The van der Waals surface area contributed by atoms with Crippen LogP contribution in [-0.4, -0.2) is 30.0 Å². The van der Waals surface area contributed by atoms with Gasteiger partial charge in [0.1, 0.15) is 5.69 Å². The van der Waals surface area contributed by atoms with Gasteiger partial charge in [-0.2, -0.15) is 0 Å². The van der Waals surface area contributed by atoms with Gasteiger partial charge in [-0.25, -0.2) is 0 Å². The predicted octanol–water partition coefficient (Wildman–Crippen LogP) is 0.888. The average molecular weight is 248 g/mol. The summed E-state index contributed by atoms with van der Waals surface area (Å²) in [5, 5.41) is 0. The van der Waals surface area contributed by atoms with Crippen LogP contribution in [0.2, 0.25) is 0 Å². The zero-order valence-corrected chi connectivity index (χ0v) is 10.5. The monoisotopic (exact) mass is 248 g/mol. The quantitative estimate of drug-likeness (QED) is 0.828. The molecule has 1 aliphatic heterocycles. The van der Waals surface area contributed by atoms with Gasteiger partial charge >= 0.3 is 0 Å². The number of amides is 1. The van der Waals surface area contributed by atoms with Crippen LogP contribution in [0.3, 0.4) is 0 Å². The Morgan fingerprint density at radius 1 is 1.50 bits per heavy atom. The molecule has 1 amide bonds. The summed E-state index contributed by atoms with van der Waals surface area (Å²) in [6.07, 6.45) is 6.20. The van der Waals surface area contributed by atoms with E-state index in [1.807, 2.05) is 6.07 Å². The Labute approximate surface area is 107 Å². The van der Waals surface area contributed by atoms with Crippen molar-refractivity contribution in [3.63, 3.8) is 0 Å². The van der Waals surface area contributed by atoms with Gasteiger partial charge in [0, 0.05) is 24.5 Å². The maximum atomic E-state index is 11.2. The third-order valence-electron chi connectivity index (χ3n) is 3.45. The first-order valence-corrected chi connectivity index (χ1v) is 6.45. The lowest BCUT2D eigenvalue weighted by Crippen LogP contribution is -2.40. The third-order valence-corrected chi connectivity index (χ3v) is 3.45. The standard InChI is InChI=1S/C13H20N4O/c14-6-4-10-3-1-2-8-17(10)11-5-7-16-12(9-11)13(15)18/h5,7,9-10H,1-4,6,8,14H2,(H2,15,18). The minimum absolute atomic E-state index is 0.324. The van der Waals surface area contributed by atoms with Crippen molar-refractivity contribution in [3.05, 3.63) is 24.0 Å². The Morgan fingerprint density at radius 3 is 3.06 bits per heavy atom. The largest absolute Gasteiger partial charge is 0.368 e. The first-order chi connectivity index (χ1) is 8.72. The van der Waals surface area contributed by atoms with E-state index in [4.69, 9.17) is 11.5 Å². The molecule has 0 spiro atoms. The summed E-state index contributed by atoms with van der Waals surface area (Å²) in [5.41, 5.74) is 12.3. The molecule has 5 nitrogen and oxygen atoms in total. The molecule has 1 aromatic heterocycles. The summed E-state index contributed by atoms with van der Waals surface area (Å²) >= 11 is 0. The number of carbonyl (C=O) groups is 1. The molecule has 4 N–H and O–H groups in total. The van der Waals surface area contributed by atoms with Crippen molar-refractivity contribution in [2.75, 3.05) is 18.0 Å². The van der Waals surface area contributed by atoms with Crippen molar-refractivity contribution in [2.45, 2.75) is 31.7 Å². The average Bonchev–Trinajstić information content (AvgIpc) is 2.40. The lowest BCUT2D eigenvalue weighted by Gasteiger charge is -2.37. The summed E-state index contributed by atoms with van der Waals surface area (Å²) < 4.78 is 0. The molecule has 1 unspecified atom stereocenters. The van der Waals surface area contributed by atoms with Crippen LogP contribution in [0.15, 0.2) is 18.3 Å². The lowest BCUT2D eigenvalue weighted by molar-refractivity contribution is 0.0995. The highest BCUT2D eigenvalue weighted by Gasteiger charge is 2.22. The van der Waals surface area contributed by atoms with E-state index in [1.54, 1.807) is 12.3 Å². The van der Waals surface area contributed by atoms with Gasteiger partial charge in [-0.3, -0.25) is 9.78 Å². The molecule has 2 rings (SSSR count). The van der Waals surface area contributed by atoms with Gasteiger partial charge in [0.15, 0.2) is 0 Å². The number of hydrogen-bond donors (Lipinski definition) is 2. The smallest absolute Gasteiger partial charge is 0.267 e. The molecule has 18 heavy (non-hydrogen) atoms. The Bertz CT molecular complexity index is 419. The van der Waals surface area contributed by atoms with Gasteiger partial charge < -0.3 is 16.4 Å². The van der Waals surface area contributed by atoms with Crippen LogP contribution < -0.4 is 16.4 Å². The number of rotatable bonds is 4. The molecule has 0 bridgehead atoms. The maximum absolute atomic E-state index is 11.2. The molecule has 0 aliphatic carbocycles. The number of anilines is 1. The maximum Gasteiger partial charge on any atom is 0.267 e. The second kappa shape index (κ2) is 5.82. The van der Waals surface area contributed by atoms with E-state index in [0.29, 0.717) is 18.3 Å². The van der Waals surface area contributed by atoms with Crippen LogP contribution in [0.5, 0.6) is 0 Å². The first-order valence-electron chi connectivity index (χ1n) is 6.45. The Kier molecular flexibility index (Phi) is 4.15. The second-order valence-electron chi connectivity index (χ2n) is 4.68. The summed E-state index contributed by atoms with van der Waals surface area (Å²) in [6.45, 7) is 1.70. The van der Waals surface area contributed by atoms with Gasteiger partial charge in [-0.05, 0) is 44.4 Å². The number of nitrogens with two attached hydrogens (primary N) is 2. The van der Waals surface area contributed by atoms with E-state index in [2.05, 4.69) is 9.88 Å². The molecule has 5 heteroatoms. The van der Waals surface area contributed by atoms with Crippen LogP contribution in [0.4, 0.5) is 5.69 Å². The molecule has 98 valence electrons. The van der Waals surface area contributed by atoms with E-state index >= 15 is 0 Å². The molecule has 1 fully saturated rings. The molecule has 1 saturated heterocycles. The third kappa shape index (κ3) is 2.79. The number of primary amides is 1. The fourth-order valence-corrected chi connectivity index (χ4v) is 2.57. The lowest BCUT2D eigenvalue weighted by atomic mass is 9.98. The minimum Gasteiger partial charge on any atom is -0.368 e. The zero-order valence-electron chi connectivity index (χ0n) is 10.5. The molecule has 2 heterocycles. The number of aromatic nitrogens is 1. The topological polar surface area (TPSA) is 85.2 Å². The van der Waals surface area contributed by atoms with E-state index in [1.165, 1.54) is 12.8 Å². The number of pyridine rings is 1. The van der Waals surface area contributed by atoms with E-state index < -0.39 is 5.91 Å². The van der Waals surface area contributed by atoms with Crippen molar-refractivity contribution in [2.24, 2.45) is 11.5 Å². The number of piperidine rings is 1. The van der Waals surface area contributed by atoms with Gasteiger partial charge in [-0.15, -0.1) is 0 Å². The Morgan fingerprint density at radius 2 is 2.33 bits per heavy atom. The van der Waals surface area contributed by atoms with E-state index in [0.717, 1.165) is 25.1 Å². The highest BCUT2D eigenvalue weighted by molar-refractivity contribution is 5.91. The van der Waals surface area contributed by atoms with Crippen molar-refractivity contribution >= 4 is 11.6 Å². The van der Waals surface area contributed by atoms with Crippen LogP contribution in [0, 0.1) is 0 Å². The van der Waals surface area contributed by atoms with Crippen LogP contribution in [-0.2, 0) is 0 Å². The molecular weight excluding hydrogens is 228 g/mol. The van der Waals surface area contributed by atoms with Gasteiger partial charge in [0.25, 0.3) is 5.91 Å². The molecular formula is C13H20N4O. The van der Waals surface area contributed by atoms with E-state index in [-0.39, 0.29) is 0 Å². The molecule has 1 aromatic rings. The molecule has 0 radical (unpaired) electrons. The van der Waals surface area contributed by atoms with E-state index in [9.17, 15) is 4.79 Å². The fourth-order valence-electron chi connectivity index (χ4n) is 2.57. The van der Waals surface area contributed by atoms with Gasteiger partial charge in [-0.1, -0.05) is 0 Å². The molecule has 1 atom stereocenters. The van der Waals surface area contributed by atoms with Crippen LogP contribution in [0.25, 0.3) is 0 Å². The fraction of sp³-hybridized carbons (Fsp3) is 0.538. The van der Waals surface area contributed by atoms with Gasteiger partial charge in [0.2, 0.25) is 0 Å². The van der Waals surface area contributed by atoms with Crippen LogP contribution in [0.1, 0.15) is 36.2 Å². The predicted molar refractivity (Wildman–Crippen MR) is 71.4 cm³/mol. The highest BCUT2D eigenvalue weighted by Crippen LogP contribution is 2.26. The van der Waals surface area contributed by atoms with Gasteiger partial charge in [0.05, 0.1) is 0 Å². The SMILES string of the molecule is NCCC1CCCCN1c1ccnc(C(N)=O)c1. The number of carbonyl (C=O) groups excluding carboxylic acids is 1. The van der Waals surface area contributed by atoms with Crippen molar-refractivity contribution in [1.29, 1.82) is 0 Å². The summed E-state index contributed by atoms with van der Waals surface area (Å²) in [7, 11) is 0. The number of nitrogens with zero attached hydrogens (tertiary/aromatic N) is 2. The normalized spacial score (nSPS) is 19.8. The second-order valence-corrected chi connectivity index (χ2v) is 4.68. The Hall–Kier alpha value is -1.62. The first kappa shape index (κ1) is 12.8. The highest BCUT2D eigenvalue weighted by atomic mass is 16.1. The van der Waals surface area contributed by atoms with Crippen LogP contribution >= 0.6 is 0 Å². The minimum atomic E-state index is -0.482. The summed E-state index contributed by atoms with van der Waals surface area (Å²) in [5.74, 6) is -0.482.